The summed E-state index contributed by atoms with van der Waals surface area (Å²) in [5, 5.41) is 2.90. The number of primary amides is 4. The van der Waals surface area contributed by atoms with Gasteiger partial charge in [-0.3, -0.25) is 38.7 Å². The third-order valence-electron chi connectivity index (χ3n) is 18.7. The lowest BCUT2D eigenvalue weighted by Gasteiger charge is -2.15. The van der Waals surface area contributed by atoms with Crippen molar-refractivity contribution in [2.45, 2.75) is 57.8 Å². The third kappa shape index (κ3) is 17.7. The Balaban J connectivity index is 0.000000127. The van der Waals surface area contributed by atoms with E-state index in [4.69, 9.17) is 31.8 Å². The number of benzene rings is 12. The maximum Gasteiger partial charge on any atom is 0.417 e. The number of H-pyrrole nitrogens is 3. The minimum atomic E-state index is -0.489. The Kier molecular flexibility index (Phi) is 22.4. The van der Waals surface area contributed by atoms with Gasteiger partial charge in [-0.1, -0.05) is 242 Å². The van der Waals surface area contributed by atoms with Gasteiger partial charge in [0, 0.05) is 36.9 Å². The number of hydrogen-bond acceptors (Lipinski definition) is 11. The molecule has 4 heterocycles. The van der Waals surface area contributed by atoms with Crippen molar-refractivity contribution in [3.8, 4) is 89.0 Å². The number of carbonyl (C=O) groups is 5. The predicted octanol–water partition coefficient (Wildman–Crippen LogP) is 16.0. The van der Waals surface area contributed by atoms with E-state index in [-0.39, 0.29) is 53.7 Å². The normalized spacial score (nSPS) is 11.4. The molecular formula is C89H74N8O10S. The van der Waals surface area contributed by atoms with Crippen LogP contribution in [0.1, 0.15) is 53.5 Å². The number of thiazole rings is 1. The highest BCUT2D eigenvalue weighted by atomic mass is 32.1. The zero-order chi connectivity index (χ0) is 75.2. The van der Waals surface area contributed by atoms with Crippen LogP contribution in [-0.4, -0.2) is 44.5 Å². The summed E-state index contributed by atoms with van der Waals surface area (Å²) >= 11 is 1.20. The molecule has 0 radical (unpaired) electrons. The lowest BCUT2D eigenvalue weighted by Crippen LogP contribution is -2.11. The molecule has 12 N–H and O–H groups in total. The van der Waals surface area contributed by atoms with Crippen LogP contribution < -0.4 is 44.6 Å². The van der Waals surface area contributed by atoms with Gasteiger partial charge in [0.2, 0.25) is 29.5 Å². The average molecular weight is 1450 g/mol. The largest absolute Gasteiger partial charge is 0.417 e. The van der Waals surface area contributed by atoms with Crippen molar-refractivity contribution in [1.29, 1.82) is 0 Å². The number of aryl methyl sites for hydroxylation is 4. The first kappa shape index (κ1) is 72.6. The molecule has 18 nitrogen and oxygen atoms in total. The molecule has 1 aliphatic rings. The second-order valence-electron chi connectivity index (χ2n) is 26.0. The van der Waals surface area contributed by atoms with E-state index in [1.807, 2.05) is 164 Å². The van der Waals surface area contributed by atoms with Crippen molar-refractivity contribution >= 4 is 79.0 Å². The van der Waals surface area contributed by atoms with Gasteiger partial charge in [0.25, 0.3) is 0 Å². The van der Waals surface area contributed by atoms with Gasteiger partial charge in [0.1, 0.15) is 0 Å². The minimum Gasteiger partial charge on any atom is -0.408 e. The lowest BCUT2D eigenvalue weighted by molar-refractivity contribution is -0.118. The summed E-state index contributed by atoms with van der Waals surface area (Å²) < 4.78 is 11.4. The van der Waals surface area contributed by atoms with Crippen LogP contribution in [0.4, 0.5) is 5.69 Å². The first-order chi connectivity index (χ1) is 52.4. The van der Waals surface area contributed by atoms with Crippen molar-refractivity contribution in [1.82, 2.24) is 15.0 Å². The molecule has 0 aliphatic carbocycles. The summed E-state index contributed by atoms with van der Waals surface area (Å²) in [4.78, 5) is 100. The van der Waals surface area contributed by atoms with Crippen LogP contribution in [-0.2, 0) is 56.1 Å². The summed E-state index contributed by atoms with van der Waals surface area (Å²) in [6.07, 6.45) is 3.68. The SMILES string of the molecule is NC(=O)CCc1cc(-c2ccccc2)ccc1-c1ccc2oc(=O)[nH]c2c1.NC(=O)CCc1cc(-c2ccccc2)ccc1-c1ccc2sc(=O)[nH]c2c1.NC(=O)CCc1cc(-c2ccccc2)ccc1-c1cccc2[nH]c(=O)oc12.NC(=O)CCc1cc(-c2ccccc2)ccc1-c1cccc2c1CC(=O)N2. The number of hydrogen-bond donors (Lipinski definition) is 8. The Morgan fingerprint density at radius 2 is 0.722 bits per heavy atom. The molecular weight excluding hydrogens is 1370 g/mol. The lowest BCUT2D eigenvalue weighted by atomic mass is 9.89. The Morgan fingerprint density at radius 1 is 0.333 bits per heavy atom. The molecule has 536 valence electrons. The number of fused-ring (bicyclic) bond motifs is 4. The molecule has 16 rings (SSSR count). The van der Waals surface area contributed by atoms with Gasteiger partial charge in [-0.2, -0.15) is 0 Å². The smallest absolute Gasteiger partial charge is 0.408 e. The number of para-hydroxylation sites is 1. The van der Waals surface area contributed by atoms with E-state index in [9.17, 15) is 38.4 Å². The van der Waals surface area contributed by atoms with Gasteiger partial charge < -0.3 is 42.1 Å². The fourth-order valence-corrected chi connectivity index (χ4v) is 14.2. The van der Waals surface area contributed by atoms with E-state index in [2.05, 4.69) is 111 Å². The van der Waals surface area contributed by atoms with Crippen LogP contribution in [0.25, 0.3) is 121 Å². The number of aromatic amines is 3. The Morgan fingerprint density at radius 3 is 1.19 bits per heavy atom. The van der Waals surface area contributed by atoms with E-state index in [1.54, 1.807) is 12.1 Å². The number of anilines is 1. The number of aromatic nitrogens is 3. The quantitative estimate of drug-likeness (QED) is 0.0356. The predicted molar refractivity (Wildman–Crippen MR) is 428 cm³/mol. The number of carbonyl (C=O) groups excluding carboxylic acids is 5. The van der Waals surface area contributed by atoms with E-state index in [0.29, 0.717) is 60.7 Å². The van der Waals surface area contributed by atoms with E-state index >= 15 is 0 Å². The Labute approximate surface area is 623 Å². The summed E-state index contributed by atoms with van der Waals surface area (Å²) in [6.45, 7) is 0. The van der Waals surface area contributed by atoms with Gasteiger partial charge in [-0.05, 0) is 173 Å². The average Bonchev–Trinajstić information content (AvgIpc) is 1.74. The van der Waals surface area contributed by atoms with Crippen molar-refractivity contribution in [2.24, 2.45) is 22.9 Å². The summed E-state index contributed by atoms with van der Waals surface area (Å²) in [5.41, 5.74) is 47.2. The molecule has 0 atom stereocenters. The molecule has 0 unspecified atom stereocenters. The number of nitrogens with one attached hydrogen (secondary N) is 4. The van der Waals surface area contributed by atoms with Crippen LogP contribution in [0.15, 0.2) is 290 Å². The molecule has 0 bridgehead atoms. The molecule has 0 saturated heterocycles. The highest BCUT2D eigenvalue weighted by molar-refractivity contribution is 7.16. The molecule has 0 saturated carbocycles. The fourth-order valence-electron chi connectivity index (χ4n) is 13.5. The van der Waals surface area contributed by atoms with Crippen LogP contribution in [0.2, 0.25) is 0 Å². The van der Waals surface area contributed by atoms with Crippen molar-refractivity contribution < 1.29 is 32.8 Å². The van der Waals surface area contributed by atoms with Crippen molar-refractivity contribution in [2.75, 3.05) is 5.32 Å². The van der Waals surface area contributed by atoms with E-state index < -0.39 is 11.5 Å². The monoisotopic (exact) mass is 1450 g/mol. The number of rotatable bonds is 20. The summed E-state index contributed by atoms with van der Waals surface area (Å²) in [6, 6.07) is 88.2. The molecule has 108 heavy (non-hydrogen) atoms. The topological polar surface area (TPSA) is 326 Å². The zero-order valence-corrected chi connectivity index (χ0v) is 59.4. The van der Waals surface area contributed by atoms with Gasteiger partial charge in [-0.25, -0.2) is 9.59 Å². The molecule has 5 amide bonds. The molecule has 3 aromatic heterocycles. The molecule has 19 heteroatoms. The maximum atomic E-state index is 11.9. The van der Waals surface area contributed by atoms with Crippen LogP contribution in [0.3, 0.4) is 0 Å². The first-order valence-corrected chi connectivity index (χ1v) is 35.9. The molecule has 1 aliphatic heterocycles. The standard InChI is InChI=1S/C23H20N2O2.2C22H18N2O3.C22H18N2O2S/c24-22(26)12-10-17-13-16(15-5-2-1-3-6-15)9-11-18(17)19-7-4-8-21-20(19)14-23(27)25-21;23-20(25)12-10-16-13-15(14-5-2-1-3-6-14)9-11-17(16)18-7-4-8-19-21(18)27-22(26)24-19;2*23-21(25)11-8-16-12-15(14-4-2-1-3-5-14)6-9-18(16)17-7-10-20-19(13-17)24-22(26)27-20/h1-9,11,13H,10,12,14H2,(H2,24,26)(H,25,27);1-9,11,13H,10,12H2,(H2,23,25)(H,24,26);2*1-7,9-10,12-13H,8,11H2,(H2,23,25)(H,24,26). The van der Waals surface area contributed by atoms with Crippen LogP contribution in [0, 0.1) is 0 Å². The molecule has 0 spiro atoms. The Bertz CT molecular complexity index is 5830. The minimum absolute atomic E-state index is 0.0111. The van der Waals surface area contributed by atoms with Gasteiger partial charge >= 0.3 is 16.4 Å². The third-order valence-corrected chi connectivity index (χ3v) is 19.5. The highest BCUT2D eigenvalue weighted by Gasteiger charge is 2.23. The van der Waals surface area contributed by atoms with E-state index in [0.717, 1.165) is 133 Å². The first-order valence-electron chi connectivity index (χ1n) is 35.1. The molecule has 0 fully saturated rings. The van der Waals surface area contributed by atoms with Crippen molar-refractivity contribution in [3.05, 3.63) is 326 Å². The van der Waals surface area contributed by atoms with Crippen LogP contribution in [0.5, 0.6) is 0 Å². The van der Waals surface area contributed by atoms with Gasteiger partial charge in [-0.15, -0.1) is 0 Å². The summed E-state index contributed by atoms with van der Waals surface area (Å²) in [5.74, 6) is -2.27. The van der Waals surface area contributed by atoms with Gasteiger partial charge in [0.05, 0.1) is 27.7 Å². The second kappa shape index (κ2) is 33.3. The molecule has 15 aromatic rings. The Hall–Kier alpha value is -13.8. The second-order valence-corrected chi connectivity index (χ2v) is 27.0. The van der Waals surface area contributed by atoms with Gasteiger partial charge in [0.15, 0.2) is 11.2 Å². The molecule has 12 aromatic carbocycles. The van der Waals surface area contributed by atoms with E-state index in [1.165, 1.54) is 11.3 Å². The van der Waals surface area contributed by atoms with Crippen molar-refractivity contribution in [3.63, 3.8) is 0 Å². The number of amides is 5. The number of nitrogens with two attached hydrogens (primary N) is 4. The zero-order valence-electron chi connectivity index (χ0n) is 58.6. The highest BCUT2D eigenvalue weighted by Crippen LogP contribution is 2.39. The van der Waals surface area contributed by atoms with Crippen LogP contribution >= 0.6 is 11.3 Å². The fraction of sp³-hybridized carbons (Fsp3) is 0.101. The maximum absolute atomic E-state index is 11.9. The number of oxazole rings is 2. The summed E-state index contributed by atoms with van der Waals surface area (Å²) in [7, 11) is 0.